The second kappa shape index (κ2) is 4.14. The Bertz CT molecular complexity index is 519. The van der Waals surface area contributed by atoms with Crippen molar-refractivity contribution in [1.82, 2.24) is 4.98 Å². The molecule has 86 valence electrons. The number of H-pyrrole nitrogens is 1. The highest BCUT2D eigenvalue weighted by Gasteiger charge is 2.12. The van der Waals surface area contributed by atoms with Gasteiger partial charge in [-0.15, -0.1) is 0 Å². The van der Waals surface area contributed by atoms with Crippen LogP contribution in [-0.4, -0.2) is 18.6 Å². The highest BCUT2D eigenvalue weighted by molar-refractivity contribution is 5.86. The fourth-order valence-corrected chi connectivity index (χ4v) is 2.01. The average Bonchev–Trinajstić information content (AvgIpc) is 2.54. The number of rotatable bonds is 3. The van der Waals surface area contributed by atoms with Gasteiger partial charge in [-0.2, -0.15) is 0 Å². The number of ether oxygens (including phenoxy) is 1. The second-order valence-corrected chi connectivity index (χ2v) is 3.80. The number of fused-ring (bicyclic) bond motifs is 1. The van der Waals surface area contributed by atoms with Gasteiger partial charge in [0.15, 0.2) is 11.6 Å². The summed E-state index contributed by atoms with van der Waals surface area (Å²) in [5.74, 6) is -0.0830. The summed E-state index contributed by atoms with van der Waals surface area (Å²) >= 11 is 0. The SMILES string of the molecule is COc1cc2c(CCN)c(C)[nH]c2cc1F. The number of aromatic amines is 1. The molecule has 1 aromatic heterocycles. The van der Waals surface area contributed by atoms with Gasteiger partial charge in [0.2, 0.25) is 0 Å². The molecular weight excluding hydrogens is 207 g/mol. The first-order valence-corrected chi connectivity index (χ1v) is 5.22. The Labute approximate surface area is 93.4 Å². The Balaban J connectivity index is 2.67. The van der Waals surface area contributed by atoms with E-state index < -0.39 is 0 Å². The first-order valence-electron chi connectivity index (χ1n) is 5.22. The van der Waals surface area contributed by atoms with Gasteiger partial charge in [-0.1, -0.05) is 0 Å². The summed E-state index contributed by atoms with van der Waals surface area (Å²) in [6.45, 7) is 2.54. The van der Waals surface area contributed by atoms with E-state index in [0.29, 0.717) is 6.54 Å². The van der Waals surface area contributed by atoms with Gasteiger partial charge in [-0.3, -0.25) is 0 Å². The number of hydrogen-bond donors (Lipinski definition) is 2. The van der Waals surface area contributed by atoms with Gasteiger partial charge >= 0.3 is 0 Å². The molecule has 0 amide bonds. The van der Waals surface area contributed by atoms with Crippen molar-refractivity contribution in [3.63, 3.8) is 0 Å². The zero-order valence-electron chi connectivity index (χ0n) is 9.43. The van der Waals surface area contributed by atoms with E-state index in [1.54, 1.807) is 6.07 Å². The first kappa shape index (κ1) is 11.0. The predicted molar refractivity (Wildman–Crippen MR) is 62.3 cm³/mol. The number of nitrogens with one attached hydrogen (secondary N) is 1. The van der Waals surface area contributed by atoms with Crippen LogP contribution in [-0.2, 0) is 6.42 Å². The lowest BCUT2D eigenvalue weighted by atomic mass is 10.1. The minimum absolute atomic E-state index is 0.268. The van der Waals surface area contributed by atoms with E-state index in [1.165, 1.54) is 13.2 Å². The third kappa shape index (κ3) is 1.65. The van der Waals surface area contributed by atoms with E-state index in [0.717, 1.165) is 28.6 Å². The summed E-state index contributed by atoms with van der Waals surface area (Å²) in [5, 5.41) is 0.987. The van der Waals surface area contributed by atoms with Gasteiger partial charge in [0.05, 0.1) is 7.11 Å². The molecule has 0 saturated heterocycles. The number of nitrogens with two attached hydrogens (primary N) is 1. The summed E-state index contributed by atoms with van der Waals surface area (Å²) in [4.78, 5) is 3.15. The summed E-state index contributed by atoms with van der Waals surface area (Å²) in [5.41, 5.74) is 8.52. The number of halogens is 1. The number of aryl methyl sites for hydroxylation is 1. The van der Waals surface area contributed by atoms with Crippen molar-refractivity contribution in [2.24, 2.45) is 5.73 Å². The standard InChI is InChI=1S/C12H15FN2O/c1-7-8(3-4-14)9-5-12(16-2)10(13)6-11(9)15-7/h5-6,15H,3-4,14H2,1-2H3. The maximum absolute atomic E-state index is 13.5. The Hall–Kier alpha value is -1.55. The van der Waals surface area contributed by atoms with E-state index in [4.69, 9.17) is 10.5 Å². The third-order valence-corrected chi connectivity index (χ3v) is 2.79. The van der Waals surface area contributed by atoms with Gasteiger partial charge in [-0.05, 0) is 31.5 Å². The summed E-state index contributed by atoms with van der Waals surface area (Å²) in [6, 6.07) is 3.18. The minimum atomic E-state index is -0.351. The van der Waals surface area contributed by atoms with Crippen molar-refractivity contribution in [3.8, 4) is 5.75 Å². The van der Waals surface area contributed by atoms with Gasteiger partial charge in [0, 0.05) is 22.7 Å². The van der Waals surface area contributed by atoms with Crippen molar-refractivity contribution < 1.29 is 9.13 Å². The zero-order chi connectivity index (χ0) is 11.7. The molecule has 0 unspecified atom stereocenters. The van der Waals surface area contributed by atoms with Crippen LogP contribution in [0.1, 0.15) is 11.3 Å². The maximum atomic E-state index is 13.5. The van der Waals surface area contributed by atoms with E-state index in [9.17, 15) is 4.39 Å². The molecular formula is C12H15FN2O. The largest absolute Gasteiger partial charge is 0.494 e. The van der Waals surface area contributed by atoms with Gasteiger partial charge in [0.25, 0.3) is 0 Å². The fourth-order valence-electron chi connectivity index (χ4n) is 2.01. The van der Waals surface area contributed by atoms with Crippen LogP contribution in [0.4, 0.5) is 4.39 Å². The lowest BCUT2D eigenvalue weighted by molar-refractivity contribution is 0.387. The Morgan fingerprint density at radius 1 is 1.44 bits per heavy atom. The van der Waals surface area contributed by atoms with Crippen LogP contribution in [0.25, 0.3) is 10.9 Å². The van der Waals surface area contributed by atoms with Crippen molar-refractivity contribution in [1.29, 1.82) is 0 Å². The molecule has 2 aromatic rings. The first-order chi connectivity index (χ1) is 7.67. The smallest absolute Gasteiger partial charge is 0.167 e. The summed E-state index contributed by atoms with van der Waals surface area (Å²) in [6.07, 6.45) is 0.778. The molecule has 16 heavy (non-hydrogen) atoms. The molecule has 4 heteroatoms. The van der Waals surface area contributed by atoms with Gasteiger partial charge < -0.3 is 15.5 Å². The molecule has 0 radical (unpaired) electrons. The van der Waals surface area contributed by atoms with Crippen LogP contribution in [0.2, 0.25) is 0 Å². The molecule has 0 saturated carbocycles. The second-order valence-electron chi connectivity index (χ2n) is 3.80. The average molecular weight is 222 g/mol. The van der Waals surface area contributed by atoms with Crippen LogP contribution in [0.15, 0.2) is 12.1 Å². The minimum Gasteiger partial charge on any atom is -0.494 e. The van der Waals surface area contributed by atoms with Crippen LogP contribution < -0.4 is 10.5 Å². The normalized spacial score (nSPS) is 11.0. The highest BCUT2D eigenvalue weighted by atomic mass is 19.1. The van der Waals surface area contributed by atoms with Crippen molar-refractivity contribution in [2.75, 3.05) is 13.7 Å². The Kier molecular flexibility index (Phi) is 2.83. The number of methoxy groups -OCH3 is 1. The molecule has 0 spiro atoms. The quantitative estimate of drug-likeness (QED) is 0.835. The molecule has 3 N–H and O–H groups in total. The number of benzene rings is 1. The molecule has 0 aliphatic heterocycles. The molecule has 0 fully saturated rings. The van der Waals surface area contributed by atoms with E-state index >= 15 is 0 Å². The molecule has 0 bridgehead atoms. The molecule has 2 rings (SSSR count). The van der Waals surface area contributed by atoms with Crippen LogP contribution in [0, 0.1) is 12.7 Å². The molecule has 1 heterocycles. The Morgan fingerprint density at radius 2 is 2.19 bits per heavy atom. The van der Waals surface area contributed by atoms with Crippen molar-refractivity contribution in [3.05, 3.63) is 29.2 Å². The van der Waals surface area contributed by atoms with Gasteiger partial charge in [0.1, 0.15) is 0 Å². The zero-order valence-corrected chi connectivity index (χ0v) is 9.43. The van der Waals surface area contributed by atoms with Crippen molar-refractivity contribution >= 4 is 10.9 Å². The fraction of sp³-hybridized carbons (Fsp3) is 0.333. The molecule has 0 atom stereocenters. The van der Waals surface area contributed by atoms with Gasteiger partial charge in [-0.25, -0.2) is 4.39 Å². The van der Waals surface area contributed by atoms with Crippen molar-refractivity contribution in [2.45, 2.75) is 13.3 Å². The molecule has 0 aliphatic carbocycles. The summed E-state index contributed by atoms with van der Waals surface area (Å²) < 4.78 is 18.5. The number of hydrogen-bond acceptors (Lipinski definition) is 2. The van der Waals surface area contributed by atoms with Crippen LogP contribution in [0.3, 0.4) is 0 Å². The third-order valence-electron chi connectivity index (χ3n) is 2.79. The predicted octanol–water partition coefficient (Wildman–Crippen LogP) is 2.13. The molecule has 3 nitrogen and oxygen atoms in total. The summed E-state index contributed by atoms with van der Waals surface area (Å²) in [7, 11) is 1.46. The highest BCUT2D eigenvalue weighted by Crippen LogP contribution is 2.28. The molecule has 0 aliphatic rings. The Morgan fingerprint density at radius 3 is 2.81 bits per heavy atom. The van der Waals surface area contributed by atoms with E-state index in [-0.39, 0.29) is 11.6 Å². The van der Waals surface area contributed by atoms with E-state index in [2.05, 4.69) is 4.98 Å². The van der Waals surface area contributed by atoms with Crippen LogP contribution >= 0.6 is 0 Å². The lowest BCUT2D eigenvalue weighted by Crippen LogP contribution is -2.03. The topological polar surface area (TPSA) is 51.0 Å². The lowest BCUT2D eigenvalue weighted by Gasteiger charge is -2.03. The van der Waals surface area contributed by atoms with E-state index in [1.807, 2.05) is 6.92 Å². The monoisotopic (exact) mass is 222 g/mol. The molecule has 1 aromatic carbocycles. The maximum Gasteiger partial charge on any atom is 0.167 e. The van der Waals surface area contributed by atoms with Crippen LogP contribution in [0.5, 0.6) is 5.75 Å². The number of aromatic nitrogens is 1.